The Hall–Kier alpha value is -4.24. The first kappa shape index (κ1) is 22.5. The molecule has 0 aliphatic carbocycles. The summed E-state index contributed by atoms with van der Waals surface area (Å²) in [5, 5.41) is 8.85. The van der Waals surface area contributed by atoms with Crippen LogP contribution in [0.1, 0.15) is 17.0 Å². The maximum atomic E-state index is 5.94. The average Bonchev–Trinajstić information content (AvgIpc) is 3.49. The van der Waals surface area contributed by atoms with Crippen LogP contribution >= 0.6 is 0 Å². The van der Waals surface area contributed by atoms with Gasteiger partial charge in [0.15, 0.2) is 11.5 Å². The first-order valence-electron chi connectivity index (χ1n) is 11.3. The Kier molecular flexibility index (Phi) is 6.67. The number of aromatic nitrogens is 6. The lowest BCUT2D eigenvalue weighted by Crippen LogP contribution is -2.05. The van der Waals surface area contributed by atoms with E-state index in [0.717, 1.165) is 39.5 Å². The van der Waals surface area contributed by atoms with Crippen LogP contribution in [0.4, 0.5) is 0 Å². The van der Waals surface area contributed by atoms with Gasteiger partial charge in [0.1, 0.15) is 19.0 Å². The van der Waals surface area contributed by atoms with Crippen LogP contribution in [0.15, 0.2) is 73.3 Å². The van der Waals surface area contributed by atoms with Crippen LogP contribution in [0.5, 0.6) is 11.6 Å². The normalized spacial score (nSPS) is 11.1. The number of pyridine rings is 2. The molecule has 0 N–H and O–H groups in total. The van der Waals surface area contributed by atoms with Gasteiger partial charge < -0.3 is 14.2 Å². The van der Waals surface area contributed by atoms with Crippen LogP contribution in [0.3, 0.4) is 0 Å². The molecule has 0 saturated carbocycles. The zero-order valence-corrected chi connectivity index (χ0v) is 19.7. The number of fused-ring (bicyclic) bond motifs is 1. The first-order chi connectivity index (χ1) is 17.2. The van der Waals surface area contributed by atoms with Gasteiger partial charge in [-0.1, -0.05) is 12.1 Å². The lowest BCUT2D eigenvalue weighted by molar-refractivity contribution is 0.143. The third kappa shape index (κ3) is 5.47. The standard InChI is InChI=1S/C26H26N6O3/c1-31-17-20(16-28-31)14-24-29-26-23(4-3-11-32(26)30-24)21-6-8-22(9-7-21)35-18-19-5-10-25(27-15-19)34-13-12-33-2/h3-11,15-17H,12-14,18H2,1-2H3. The highest BCUT2D eigenvalue weighted by molar-refractivity contribution is 5.77. The summed E-state index contributed by atoms with van der Waals surface area (Å²) >= 11 is 0. The number of hydrogen-bond acceptors (Lipinski definition) is 7. The van der Waals surface area contributed by atoms with Crippen molar-refractivity contribution in [3.05, 3.63) is 90.3 Å². The molecule has 0 unspecified atom stereocenters. The molecule has 0 spiro atoms. The van der Waals surface area contributed by atoms with E-state index in [1.54, 1.807) is 18.0 Å². The number of benzene rings is 1. The second-order valence-electron chi connectivity index (χ2n) is 8.08. The smallest absolute Gasteiger partial charge is 0.213 e. The van der Waals surface area contributed by atoms with Crippen molar-refractivity contribution in [3.8, 4) is 22.8 Å². The summed E-state index contributed by atoms with van der Waals surface area (Å²) in [6, 6.07) is 15.8. The van der Waals surface area contributed by atoms with E-state index in [1.165, 1.54) is 0 Å². The molecule has 0 aliphatic rings. The second-order valence-corrected chi connectivity index (χ2v) is 8.08. The third-order valence-corrected chi connectivity index (χ3v) is 5.43. The van der Waals surface area contributed by atoms with Crippen LogP contribution in [-0.4, -0.2) is 49.7 Å². The molecular weight excluding hydrogens is 444 g/mol. The number of aryl methyl sites for hydroxylation is 1. The molecule has 0 saturated heterocycles. The summed E-state index contributed by atoms with van der Waals surface area (Å²) < 4.78 is 20.0. The Morgan fingerprint density at radius 2 is 1.80 bits per heavy atom. The number of nitrogens with zero attached hydrogens (tertiary/aromatic N) is 6. The number of ether oxygens (including phenoxy) is 3. The van der Waals surface area contributed by atoms with E-state index in [1.807, 2.05) is 72.6 Å². The molecule has 4 aromatic heterocycles. The fraction of sp³-hybridized carbons (Fsp3) is 0.231. The largest absolute Gasteiger partial charge is 0.489 e. The van der Waals surface area contributed by atoms with Crippen molar-refractivity contribution in [2.24, 2.45) is 7.05 Å². The summed E-state index contributed by atoms with van der Waals surface area (Å²) in [5.41, 5.74) is 4.91. The highest BCUT2D eigenvalue weighted by atomic mass is 16.5. The van der Waals surface area contributed by atoms with E-state index in [0.29, 0.717) is 32.1 Å². The van der Waals surface area contributed by atoms with E-state index in [9.17, 15) is 0 Å². The number of methoxy groups -OCH3 is 1. The Bertz CT molecular complexity index is 1390. The molecule has 0 bridgehead atoms. The minimum absolute atomic E-state index is 0.419. The summed E-state index contributed by atoms with van der Waals surface area (Å²) in [6.07, 6.45) is 8.12. The molecule has 0 fully saturated rings. The van der Waals surface area contributed by atoms with Crippen LogP contribution in [0.25, 0.3) is 16.8 Å². The monoisotopic (exact) mass is 470 g/mol. The van der Waals surface area contributed by atoms with Crippen molar-refractivity contribution in [1.29, 1.82) is 0 Å². The SMILES string of the molecule is COCCOc1ccc(COc2ccc(-c3cccn4nc(Cc5cnn(C)c5)nc34)cc2)cn1. The molecule has 0 aliphatic heterocycles. The molecule has 9 heteroatoms. The molecule has 0 atom stereocenters. The van der Waals surface area contributed by atoms with Gasteiger partial charge in [0.2, 0.25) is 5.88 Å². The van der Waals surface area contributed by atoms with Crippen molar-refractivity contribution >= 4 is 5.65 Å². The first-order valence-corrected chi connectivity index (χ1v) is 11.3. The van der Waals surface area contributed by atoms with Crippen molar-refractivity contribution in [2.45, 2.75) is 13.0 Å². The van der Waals surface area contributed by atoms with Crippen molar-refractivity contribution in [1.82, 2.24) is 29.4 Å². The van der Waals surface area contributed by atoms with Crippen LogP contribution in [0, 0.1) is 0 Å². The maximum absolute atomic E-state index is 5.94. The van der Waals surface area contributed by atoms with Gasteiger partial charge in [0.05, 0.1) is 12.8 Å². The molecule has 5 aromatic rings. The fourth-order valence-electron chi connectivity index (χ4n) is 3.71. The lowest BCUT2D eigenvalue weighted by atomic mass is 10.1. The van der Waals surface area contributed by atoms with Crippen LogP contribution < -0.4 is 9.47 Å². The topological polar surface area (TPSA) is 88.6 Å². The Morgan fingerprint density at radius 1 is 0.914 bits per heavy atom. The van der Waals surface area contributed by atoms with Crippen LogP contribution in [0.2, 0.25) is 0 Å². The van der Waals surface area contributed by atoms with Gasteiger partial charge in [-0.3, -0.25) is 4.68 Å². The molecule has 0 amide bonds. The van der Waals surface area contributed by atoms with Gasteiger partial charge in [-0.15, -0.1) is 0 Å². The maximum Gasteiger partial charge on any atom is 0.213 e. The van der Waals surface area contributed by atoms with Gasteiger partial charge >= 0.3 is 0 Å². The summed E-state index contributed by atoms with van der Waals surface area (Å²) in [4.78, 5) is 9.08. The quantitative estimate of drug-likeness (QED) is 0.288. The summed E-state index contributed by atoms with van der Waals surface area (Å²) in [7, 11) is 3.54. The highest BCUT2D eigenvalue weighted by Gasteiger charge is 2.11. The van der Waals surface area contributed by atoms with Crippen molar-refractivity contribution < 1.29 is 14.2 Å². The molecule has 9 nitrogen and oxygen atoms in total. The zero-order valence-electron chi connectivity index (χ0n) is 19.7. The van der Waals surface area contributed by atoms with E-state index in [4.69, 9.17) is 19.2 Å². The van der Waals surface area contributed by atoms with Gasteiger partial charge in [0.25, 0.3) is 0 Å². The number of hydrogen-bond donors (Lipinski definition) is 0. The van der Waals surface area contributed by atoms with Gasteiger partial charge in [0, 0.05) is 56.4 Å². The van der Waals surface area contributed by atoms with Gasteiger partial charge in [-0.25, -0.2) is 14.5 Å². The van der Waals surface area contributed by atoms with E-state index >= 15 is 0 Å². The van der Waals surface area contributed by atoms with Gasteiger partial charge in [-0.2, -0.15) is 10.2 Å². The third-order valence-electron chi connectivity index (χ3n) is 5.43. The van der Waals surface area contributed by atoms with Crippen LogP contribution in [-0.2, 0) is 24.8 Å². The fourth-order valence-corrected chi connectivity index (χ4v) is 3.71. The predicted octanol–water partition coefficient (Wildman–Crippen LogP) is 3.72. The van der Waals surface area contributed by atoms with Gasteiger partial charge in [-0.05, 0) is 41.5 Å². The lowest BCUT2D eigenvalue weighted by Gasteiger charge is -2.09. The van der Waals surface area contributed by atoms with E-state index in [-0.39, 0.29) is 0 Å². The Morgan fingerprint density at radius 3 is 2.54 bits per heavy atom. The molecule has 5 rings (SSSR count). The molecular formula is C26H26N6O3. The molecule has 4 heterocycles. The summed E-state index contributed by atoms with van der Waals surface area (Å²) in [6.45, 7) is 1.42. The van der Waals surface area contributed by atoms with Crippen molar-refractivity contribution in [3.63, 3.8) is 0 Å². The molecule has 1 aromatic carbocycles. The Labute approximate surface area is 202 Å². The molecule has 35 heavy (non-hydrogen) atoms. The highest BCUT2D eigenvalue weighted by Crippen LogP contribution is 2.26. The summed E-state index contributed by atoms with van der Waals surface area (Å²) in [5.74, 6) is 2.11. The molecule has 0 radical (unpaired) electrons. The number of rotatable bonds is 10. The average molecular weight is 471 g/mol. The predicted molar refractivity (Wildman–Crippen MR) is 130 cm³/mol. The van der Waals surface area contributed by atoms with E-state index in [2.05, 4.69) is 21.2 Å². The Balaban J connectivity index is 1.25. The second kappa shape index (κ2) is 10.4. The molecule has 178 valence electrons. The minimum atomic E-state index is 0.419. The van der Waals surface area contributed by atoms with Crippen molar-refractivity contribution in [2.75, 3.05) is 20.3 Å². The zero-order chi connectivity index (χ0) is 24.0. The van der Waals surface area contributed by atoms with E-state index < -0.39 is 0 Å². The minimum Gasteiger partial charge on any atom is -0.489 e.